The number of urea groups is 1. The third-order valence-electron chi connectivity index (χ3n) is 5.19. The van der Waals surface area contributed by atoms with Gasteiger partial charge in [-0.05, 0) is 23.5 Å². The second-order valence-electron chi connectivity index (χ2n) is 6.82. The zero-order valence-corrected chi connectivity index (χ0v) is 13.4. The van der Waals surface area contributed by atoms with Crippen LogP contribution in [-0.2, 0) is 6.42 Å². The van der Waals surface area contributed by atoms with Gasteiger partial charge in [0.05, 0.1) is 6.04 Å². The van der Waals surface area contributed by atoms with Crippen molar-refractivity contribution in [1.29, 1.82) is 0 Å². The summed E-state index contributed by atoms with van der Waals surface area (Å²) in [5, 5.41) is 12.6. The molecule has 1 aliphatic heterocycles. The maximum absolute atomic E-state index is 12.8. The van der Waals surface area contributed by atoms with Gasteiger partial charge in [0.25, 0.3) is 0 Å². The predicted octanol–water partition coefficient (Wildman–Crippen LogP) is 3.02. The Morgan fingerprint density at radius 2 is 1.92 bits per heavy atom. The van der Waals surface area contributed by atoms with Crippen LogP contribution in [0.3, 0.4) is 0 Å². The molecule has 1 heterocycles. The first kappa shape index (κ1) is 17.1. The number of carbonyl (C=O) groups excluding carboxylic acids is 1. The Kier molecular flexibility index (Phi) is 4.23. The van der Waals surface area contributed by atoms with Crippen LogP contribution >= 0.6 is 0 Å². The molecule has 1 aromatic rings. The highest BCUT2D eigenvalue weighted by Crippen LogP contribution is 2.39. The third-order valence-corrected chi connectivity index (χ3v) is 5.19. The monoisotopic (exact) mass is 342 g/mol. The molecule has 0 aromatic heterocycles. The number of likely N-dealkylation sites (tertiary alicyclic amines) is 1. The molecule has 2 atom stereocenters. The van der Waals surface area contributed by atoms with Gasteiger partial charge >= 0.3 is 12.2 Å². The molecule has 0 spiro atoms. The van der Waals surface area contributed by atoms with E-state index in [1.807, 2.05) is 31.2 Å². The first-order chi connectivity index (χ1) is 11.2. The predicted molar refractivity (Wildman–Crippen MR) is 82.4 cm³/mol. The number of hydrogen-bond acceptors (Lipinski definition) is 2. The Balaban J connectivity index is 1.63. The molecule has 0 saturated carbocycles. The third kappa shape index (κ3) is 2.97. The molecule has 7 heteroatoms. The van der Waals surface area contributed by atoms with E-state index in [2.05, 4.69) is 5.32 Å². The molecule has 1 aromatic carbocycles. The molecule has 24 heavy (non-hydrogen) atoms. The van der Waals surface area contributed by atoms with E-state index in [0.29, 0.717) is 0 Å². The lowest BCUT2D eigenvalue weighted by molar-refractivity contribution is -0.271. The van der Waals surface area contributed by atoms with Crippen molar-refractivity contribution >= 4 is 6.03 Å². The van der Waals surface area contributed by atoms with E-state index in [1.165, 1.54) is 10.5 Å². The Labute approximate surface area is 138 Å². The highest BCUT2D eigenvalue weighted by Gasteiger charge is 2.55. The van der Waals surface area contributed by atoms with Gasteiger partial charge in [-0.2, -0.15) is 13.2 Å². The number of halogens is 3. The second-order valence-corrected chi connectivity index (χ2v) is 6.82. The first-order valence-corrected chi connectivity index (χ1v) is 8.14. The normalized spacial score (nSPS) is 26.1. The van der Waals surface area contributed by atoms with Gasteiger partial charge < -0.3 is 15.3 Å². The highest BCUT2D eigenvalue weighted by atomic mass is 19.4. The molecule has 4 nitrogen and oxygen atoms in total. The zero-order chi connectivity index (χ0) is 17.5. The fourth-order valence-electron chi connectivity index (χ4n) is 3.60. The number of nitrogens with zero attached hydrogens (tertiary/aromatic N) is 1. The quantitative estimate of drug-likeness (QED) is 0.824. The summed E-state index contributed by atoms with van der Waals surface area (Å²) in [5.41, 5.74) is -0.417. The number of fused-ring (bicyclic) bond motifs is 1. The number of alkyl halides is 3. The zero-order valence-electron chi connectivity index (χ0n) is 13.4. The Hall–Kier alpha value is -1.76. The van der Waals surface area contributed by atoms with Crippen molar-refractivity contribution in [1.82, 2.24) is 10.2 Å². The summed E-state index contributed by atoms with van der Waals surface area (Å²) in [7, 11) is 0. The molecule has 3 rings (SSSR count). The van der Waals surface area contributed by atoms with E-state index < -0.39 is 24.6 Å². The summed E-state index contributed by atoms with van der Waals surface area (Å²) in [4.78, 5) is 13.8. The van der Waals surface area contributed by atoms with Crippen LogP contribution in [0.15, 0.2) is 24.3 Å². The number of rotatable bonds is 1. The van der Waals surface area contributed by atoms with Gasteiger partial charge in [0, 0.05) is 25.9 Å². The van der Waals surface area contributed by atoms with Crippen molar-refractivity contribution in [2.45, 2.75) is 44.0 Å². The maximum atomic E-state index is 12.8. The number of amides is 2. The van der Waals surface area contributed by atoms with E-state index in [9.17, 15) is 23.1 Å². The molecule has 2 amide bonds. The van der Waals surface area contributed by atoms with Gasteiger partial charge in [0.2, 0.25) is 0 Å². The highest BCUT2D eigenvalue weighted by molar-refractivity contribution is 5.75. The first-order valence-electron chi connectivity index (χ1n) is 8.14. The maximum Gasteiger partial charge on any atom is 0.417 e. The lowest BCUT2D eigenvalue weighted by atomic mass is 9.91. The van der Waals surface area contributed by atoms with Crippen molar-refractivity contribution in [3.05, 3.63) is 35.4 Å². The molecular weight excluding hydrogens is 321 g/mol. The van der Waals surface area contributed by atoms with Crippen LogP contribution in [0.1, 0.15) is 36.9 Å². The minimum Gasteiger partial charge on any atom is -0.380 e. The van der Waals surface area contributed by atoms with Crippen LogP contribution in [-0.4, -0.2) is 40.9 Å². The average Bonchev–Trinajstić information content (AvgIpc) is 2.83. The second kappa shape index (κ2) is 5.95. The molecule has 1 saturated heterocycles. The Morgan fingerprint density at radius 1 is 1.29 bits per heavy atom. The standard InChI is InChI=1S/C17H21F3N2O2/c1-11-10-12-4-2-3-5-13(12)14(11)21-15(23)22-8-6-16(24,7-9-22)17(18,19)20/h2-5,11,14,24H,6-10H2,1H3,(H,21,23)/t11-,14-/m1/s1. The minimum atomic E-state index is -4.66. The number of hydrogen-bond donors (Lipinski definition) is 2. The summed E-state index contributed by atoms with van der Waals surface area (Å²) in [6.45, 7) is 1.83. The number of piperidine rings is 1. The molecule has 0 bridgehead atoms. The summed E-state index contributed by atoms with van der Waals surface area (Å²) < 4.78 is 38.5. The van der Waals surface area contributed by atoms with E-state index in [1.54, 1.807) is 0 Å². The SMILES string of the molecule is C[C@@H]1Cc2ccccc2[C@@H]1NC(=O)N1CCC(O)(C(F)(F)F)CC1. The molecular formula is C17H21F3N2O2. The van der Waals surface area contributed by atoms with Gasteiger partial charge in [-0.15, -0.1) is 0 Å². The summed E-state index contributed by atoms with van der Waals surface area (Å²) in [5.74, 6) is 0.239. The fourth-order valence-corrected chi connectivity index (χ4v) is 3.60. The number of nitrogens with one attached hydrogen (secondary N) is 1. The smallest absolute Gasteiger partial charge is 0.380 e. The molecule has 0 radical (unpaired) electrons. The number of benzene rings is 1. The van der Waals surface area contributed by atoms with E-state index >= 15 is 0 Å². The fraction of sp³-hybridized carbons (Fsp3) is 0.588. The van der Waals surface area contributed by atoms with E-state index in [0.717, 1.165) is 12.0 Å². The van der Waals surface area contributed by atoms with Crippen molar-refractivity contribution in [3.8, 4) is 0 Å². The van der Waals surface area contributed by atoms with Gasteiger partial charge in [0.1, 0.15) is 0 Å². The van der Waals surface area contributed by atoms with Gasteiger partial charge in [0.15, 0.2) is 5.60 Å². The van der Waals surface area contributed by atoms with Crippen LogP contribution in [0, 0.1) is 5.92 Å². The van der Waals surface area contributed by atoms with Gasteiger partial charge in [-0.1, -0.05) is 31.2 Å². The van der Waals surface area contributed by atoms with E-state index in [-0.39, 0.29) is 31.1 Å². The van der Waals surface area contributed by atoms with Crippen LogP contribution in [0.5, 0.6) is 0 Å². The average molecular weight is 342 g/mol. The summed E-state index contributed by atoms with van der Waals surface area (Å²) in [6, 6.07) is 7.38. The number of carbonyl (C=O) groups is 1. The number of aliphatic hydroxyl groups is 1. The summed E-state index contributed by atoms with van der Waals surface area (Å²) >= 11 is 0. The Bertz CT molecular complexity index is 625. The van der Waals surface area contributed by atoms with Crippen LogP contribution in [0.4, 0.5) is 18.0 Å². The summed E-state index contributed by atoms with van der Waals surface area (Å²) in [6.07, 6.45) is -4.76. The van der Waals surface area contributed by atoms with Crippen molar-refractivity contribution in [2.75, 3.05) is 13.1 Å². The lowest BCUT2D eigenvalue weighted by Crippen LogP contribution is -2.56. The molecule has 0 unspecified atom stereocenters. The largest absolute Gasteiger partial charge is 0.417 e. The Morgan fingerprint density at radius 3 is 2.54 bits per heavy atom. The van der Waals surface area contributed by atoms with Crippen molar-refractivity contribution in [2.24, 2.45) is 5.92 Å². The van der Waals surface area contributed by atoms with Gasteiger partial charge in [-0.25, -0.2) is 4.79 Å². The van der Waals surface area contributed by atoms with Crippen LogP contribution < -0.4 is 5.32 Å². The topological polar surface area (TPSA) is 52.6 Å². The van der Waals surface area contributed by atoms with Crippen molar-refractivity contribution in [3.63, 3.8) is 0 Å². The molecule has 132 valence electrons. The molecule has 1 fully saturated rings. The van der Waals surface area contributed by atoms with Crippen LogP contribution in [0.2, 0.25) is 0 Å². The van der Waals surface area contributed by atoms with E-state index in [4.69, 9.17) is 0 Å². The van der Waals surface area contributed by atoms with Crippen molar-refractivity contribution < 1.29 is 23.1 Å². The molecule has 2 aliphatic rings. The minimum absolute atomic E-state index is 0.107. The van der Waals surface area contributed by atoms with Gasteiger partial charge in [-0.3, -0.25) is 0 Å². The van der Waals surface area contributed by atoms with Crippen LogP contribution in [0.25, 0.3) is 0 Å². The lowest BCUT2D eigenvalue weighted by Gasteiger charge is -2.39. The molecule has 1 aliphatic carbocycles. The molecule has 2 N–H and O–H groups in total.